The maximum Gasteiger partial charge on any atom is 0.331 e. The van der Waals surface area contributed by atoms with Gasteiger partial charge in [0.05, 0.1) is 20.3 Å². The van der Waals surface area contributed by atoms with E-state index in [0.717, 1.165) is 0 Å². The highest BCUT2D eigenvalue weighted by molar-refractivity contribution is 5.84. The van der Waals surface area contributed by atoms with Crippen molar-refractivity contribution in [2.45, 2.75) is 38.3 Å². The molecule has 21 heavy (non-hydrogen) atoms. The summed E-state index contributed by atoms with van der Waals surface area (Å²) in [6.45, 7) is 4.19. The van der Waals surface area contributed by atoms with Gasteiger partial charge in [0, 0.05) is 18.5 Å². The Labute approximate surface area is 123 Å². The number of carbonyl (C=O) groups is 3. The maximum absolute atomic E-state index is 12.3. The van der Waals surface area contributed by atoms with Gasteiger partial charge in [0.1, 0.15) is 0 Å². The Morgan fingerprint density at radius 1 is 1.43 bits per heavy atom. The van der Waals surface area contributed by atoms with Crippen LogP contribution in [0.25, 0.3) is 0 Å². The molecule has 2 N–H and O–H groups in total. The van der Waals surface area contributed by atoms with Crippen LogP contribution >= 0.6 is 0 Å². The van der Waals surface area contributed by atoms with Crippen molar-refractivity contribution in [1.29, 1.82) is 0 Å². The first kappa shape index (κ1) is 17.2. The van der Waals surface area contributed by atoms with Gasteiger partial charge in [-0.3, -0.25) is 4.79 Å². The van der Waals surface area contributed by atoms with E-state index in [1.165, 1.54) is 12.0 Å². The van der Waals surface area contributed by atoms with Crippen LogP contribution in [-0.4, -0.2) is 66.4 Å². The molecule has 8 nitrogen and oxygen atoms in total. The highest BCUT2D eigenvalue weighted by Crippen LogP contribution is 2.14. The average molecular weight is 302 g/mol. The quantitative estimate of drug-likeness (QED) is 0.704. The Balaban J connectivity index is 2.67. The standard InChI is InChI=1S/C13H22N2O6/c1-13(2,5-4-10(16)17)14-12(19)15-6-7-21-8-9(15)11(18)20-3/h9H,4-8H2,1-3H3,(H,14,19)(H,16,17). The average Bonchev–Trinajstić information content (AvgIpc) is 2.44. The number of ether oxygens (including phenoxy) is 2. The zero-order chi connectivity index (χ0) is 16.0. The summed E-state index contributed by atoms with van der Waals surface area (Å²) < 4.78 is 9.86. The summed E-state index contributed by atoms with van der Waals surface area (Å²) in [5, 5.41) is 11.5. The fourth-order valence-corrected chi connectivity index (χ4v) is 2.02. The molecular weight excluding hydrogens is 280 g/mol. The molecule has 0 aromatic rings. The molecule has 0 radical (unpaired) electrons. The lowest BCUT2D eigenvalue weighted by Gasteiger charge is -2.36. The third kappa shape index (κ3) is 5.22. The largest absolute Gasteiger partial charge is 0.481 e. The minimum Gasteiger partial charge on any atom is -0.481 e. The molecule has 0 saturated carbocycles. The lowest BCUT2D eigenvalue weighted by Crippen LogP contribution is -2.59. The Hall–Kier alpha value is -1.83. The van der Waals surface area contributed by atoms with Gasteiger partial charge in [-0.1, -0.05) is 0 Å². The summed E-state index contributed by atoms with van der Waals surface area (Å²) in [6, 6.07) is -1.21. The Morgan fingerprint density at radius 2 is 2.10 bits per heavy atom. The number of carboxylic acids is 1. The van der Waals surface area contributed by atoms with Crippen molar-refractivity contribution >= 4 is 18.0 Å². The smallest absolute Gasteiger partial charge is 0.331 e. The monoisotopic (exact) mass is 302 g/mol. The van der Waals surface area contributed by atoms with E-state index in [0.29, 0.717) is 13.0 Å². The van der Waals surface area contributed by atoms with Crippen LogP contribution in [0.2, 0.25) is 0 Å². The molecule has 1 rings (SSSR count). The van der Waals surface area contributed by atoms with Gasteiger partial charge in [-0.15, -0.1) is 0 Å². The highest BCUT2D eigenvalue weighted by Gasteiger charge is 2.35. The fraction of sp³-hybridized carbons (Fsp3) is 0.769. The molecule has 1 aliphatic rings. The van der Waals surface area contributed by atoms with Gasteiger partial charge in [0.2, 0.25) is 0 Å². The number of nitrogens with one attached hydrogen (secondary N) is 1. The van der Waals surface area contributed by atoms with E-state index in [1.807, 2.05) is 0 Å². The summed E-state index contributed by atoms with van der Waals surface area (Å²) in [6.07, 6.45) is 0.248. The highest BCUT2D eigenvalue weighted by atomic mass is 16.5. The molecule has 0 bridgehead atoms. The van der Waals surface area contributed by atoms with E-state index in [4.69, 9.17) is 9.84 Å². The number of esters is 1. The van der Waals surface area contributed by atoms with Crippen LogP contribution in [0.3, 0.4) is 0 Å². The van der Waals surface area contributed by atoms with E-state index < -0.39 is 29.6 Å². The summed E-state index contributed by atoms with van der Waals surface area (Å²) in [4.78, 5) is 35.9. The number of urea groups is 1. The predicted molar refractivity (Wildman–Crippen MR) is 72.8 cm³/mol. The normalized spacial score (nSPS) is 19.0. The van der Waals surface area contributed by atoms with Gasteiger partial charge in [-0.2, -0.15) is 0 Å². The van der Waals surface area contributed by atoms with Gasteiger partial charge in [0.15, 0.2) is 6.04 Å². The van der Waals surface area contributed by atoms with Crippen LogP contribution in [0, 0.1) is 0 Å². The van der Waals surface area contributed by atoms with E-state index in [-0.39, 0.29) is 19.6 Å². The minimum absolute atomic E-state index is 0.0448. The predicted octanol–water partition coefficient (Wildman–Crippen LogP) is 0.213. The van der Waals surface area contributed by atoms with Gasteiger partial charge >= 0.3 is 18.0 Å². The van der Waals surface area contributed by atoms with E-state index in [1.54, 1.807) is 13.8 Å². The first-order chi connectivity index (χ1) is 9.76. The Kier molecular flexibility index (Phi) is 5.95. The van der Waals surface area contributed by atoms with Crippen LogP contribution in [0.1, 0.15) is 26.7 Å². The summed E-state index contributed by atoms with van der Waals surface area (Å²) in [5.41, 5.74) is -0.686. The van der Waals surface area contributed by atoms with Crippen molar-refractivity contribution in [2.75, 3.05) is 26.9 Å². The molecule has 0 aromatic heterocycles. The van der Waals surface area contributed by atoms with E-state index >= 15 is 0 Å². The van der Waals surface area contributed by atoms with Crippen LogP contribution in [0.5, 0.6) is 0 Å². The molecule has 0 aromatic carbocycles. The minimum atomic E-state index is -0.920. The number of methoxy groups -OCH3 is 1. The van der Waals surface area contributed by atoms with Gasteiger partial charge in [0.25, 0.3) is 0 Å². The van der Waals surface area contributed by atoms with Crippen LogP contribution in [0.4, 0.5) is 4.79 Å². The molecule has 0 spiro atoms. The number of carboxylic acid groups (broad SMARTS) is 1. The lowest BCUT2D eigenvalue weighted by atomic mass is 9.98. The van der Waals surface area contributed by atoms with E-state index in [2.05, 4.69) is 10.1 Å². The van der Waals surface area contributed by atoms with E-state index in [9.17, 15) is 14.4 Å². The molecule has 120 valence electrons. The molecule has 1 fully saturated rings. The second kappa shape index (κ2) is 7.26. The lowest BCUT2D eigenvalue weighted by molar-refractivity contribution is -0.151. The first-order valence-corrected chi connectivity index (χ1v) is 6.73. The van der Waals surface area contributed by atoms with Crippen LogP contribution < -0.4 is 5.32 Å². The molecule has 2 amide bonds. The molecule has 1 saturated heterocycles. The molecule has 1 unspecified atom stereocenters. The Morgan fingerprint density at radius 3 is 2.67 bits per heavy atom. The summed E-state index contributed by atoms with van der Waals surface area (Å²) in [5.74, 6) is -1.45. The SMILES string of the molecule is COC(=O)C1COCCN1C(=O)NC(C)(C)CCC(=O)O. The van der Waals surface area contributed by atoms with Gasteiger partial charge in [-0.25, -0.2) is 9.59 Å². The zero-order valence-corrected chi connectivity index (χ0v) is 12.5. The topological polar surface area (TPSA) is 105 Å². The Bertz CT molecular complexity index is 409. The van der Waals surface area contributed by atoms with Crippen LogP contribution in [-0.2, 0) is 19.1 Å². The number of rotatable bonds is 5. The molecule has 0 aliphatic carbocycles. The molecular formula is C13H22N2O6. The zero-order valence-electron chi connectivity index (χ0n) is 12.5. The molecule has 8 heteroatoms. The van der Waals surface area contributed by atoms with Crippen LogP contribution in [0.15, 0.2) is 0 Å². The van der Waals surface area contributed by atoms with Crippen molar-refractivity contribution in [2.24, 2.45) is 0 Å². The third-order valence-electron chi connectivity index (χ3n) is 3.27. The molecule has 1 heterocycles. The number of carbonyl (C=O) groups excluding carboxylic acids is 2. The number of nitrogens with zero attached hydrogens (tertiary/aromatic N) is 1. The molecule has 1 aliphatic heterocycles. The van der Waals surface area contributed by atoms with Crippen molar-refractivity contribution in [3.8, 4) is 0 Å². The van der Waals surface area contributed by atoms with Gasteiger partial charge in [-0.05, 0) is 20.3 Å². The second-order valence-electron chi connectivity index (χ2n) is 5.52. The van der Waals surface area contributed by atoms with Crippen molar-refractivity contribution in [3.05, 3.63) is 0 Å². The third-order valence-corrected chi connectivity index (χ3v) is 3.27. The van der Waals surface area contributed by atoms with Crippen molar-refractivity contribution < 1.29 is 29.0 Å². The number of aliphatic carboxylic acids is 1. The fourth-order valence-electron chi connectivity index (χ4n) is 2.02. The number of morpholine rings is 1. The maximum atomic E-state index is 12.3. The summed E-state index contributed by atoms with van der Waals surface area (Å²) in [7, 11) is 1.25. The van der Waals surface area contributed by atoms with Crippen molar-refractivity contribution in [3.63, 3.8) is 0 Å². The summed E-state index contributed by atoms with van der Waals surface area (Å²) >= 11 is 0. The van der Waals surface area contributed by atoms with Crippen molar-refractivity contribution in [1.82, 2.24) is 10.2 Å². The second-order valence-corrected chi connectivity index (χ2v) is 5.52. The van der Waals surface area contributed by atoms with Gasteiger partial charge < -0.3 is 24.8 Å². The number of amides is 2. The first-order valence-electron chi connectivity index (χ1n) is 6.73. The molecule has 1 atom stereocenters. The number of hydrogen-bond donors (Lipinski definition) is 2. The number of hydrogen-bond acceptors (Lipinski definition) is 5.